The fourth-order valence-corrected chi connectivity index (χ4v) is 1.23. The molecule has 0 rings (SSSR count). The van der Waals surface area contributed by atoms with Crippen molar-refractivity contribution in [2.24, 2.45) is 0 Å². The Morgan fingerprint density at radius 1 is 1.25 bits per heavy atom. The number of rotatable bonds is 9. The Hall–Kier alpha value is -1.14. The second-order valence-electron chi connectivity index (χ2n) is 3.48. The molecule has 96 valence electrons. The second-order valence-corrected chi connectivity index (χ2v) is 3.48. The van der Waals surface area contributed by atoms with E-state index in [1.165, 1.54) is 0 Å². The average Bonchev–Trinajstić information content (AvgIpc) is 2.15. The largest absolute Gasteiger partial charge is 0.481 e. The van der Waals surface area contributed by atoms with Gasteiger partial charge in [0.15, 0.2) is 0 Å². The first kappa shape index (κ1) is 17.3. The summed E-state index contributed by atoms with van der Waals surface area (Å²) in [5.74, 6) is -1.94. The molecule has 0 aromatic heterocycles. The maximum Gasteiger partial charge on any atom is 0.320 e. The minimum Gasteiger partial charge on any atom is -0.481 e. The topological polar surface area (TPSA) is 122 Å². The molecule has 0 radical (unpaired) electrons. The standard InChI is InChI=1S/C10H19NO4.H3N/c1-2-3-4-7-11-8(10(14)15)5-6-9(12)13;/h8,11H,2-7H2,1H3,(H,12,13)(H,14,15);1H3/t8-;/m0./s1. The van der Waals surface area contributed by atoms with Gasteiger partial charge in [-0.25, -0.2) is 0 Å². The van der Waals surface area contributed by atoms with Crippen molar-refractivity contribution in [2.45, 2.75) is 45.1 Å². The van der Waals surface area contributed by atoms with Gasteiger partial charge in [-0.2, -0.15) is 0 Å². The first-order valence-corrected chi connectivity index (χ1v) is 5.26. The predicted molar refractivity (Wildman–Crippen MR) is 60.8 cm³/mol. The molecule has 0 aliphatic rings. The van der Waals surface area contributed by atoms with Gasteiger partial charge in [0.05, 0.1) is 0 Å². The first-order chi connectivity index (χ1) is 7.07. The van der Waals surface area contributed by atoms with Crippen molar-refractivity contribution in [3.05, 3.63) is 0 Å². The van der Waals surface area contributed by atoms with Gasteiger partial charge >= 0.3 is 11.9 Å². The van der Waals surface area contributed by atoms with Crippen LogP contribution in [-0.2, 0) is 9.59 Å². The average molecular weight is 234 g/mol. The monoisotopic (exact) mass is 234 g/mol. The van der Waals surface area contributed by atoms with E-state index in [1.54, 1.807) is 0 Å². The molecule has 0 spiro atoms. The number of carbonyl (C=O) groups is 2. The van der Waals surface area contributed by atoms with Gasteiger partial charge in [-0.05, 0) is 19.4 Å². The molecule has 0 amide bonds. The van der Waals surface area contributed by atoms with Crippen LogP contribution in [0.2, 0.25) is 0 Å². The summed E-state index contributed by atoms with van der Waals surface area (Å²) in [5.41, 5.74) is 0. The quantitative estimate of drug-likeness (QED) is 0.445. The summed E-state index contributed by atoms with van der Waals surface area (Å²) >= 11 is 0. The fourth-order valence-electron chi connectivity index (χ4n) is 1.23. The minimum absolute atomic E-state index is 0. The van der Waals surface area contributed by atoms with Crippen LogP contribution in [0.15, 0.2) is 0 Å². The van der Waals surface area contributed by atoms with Crippen molar-refractivity contribution >= 4 is 11.9 Å². The lowest BCUT2D eigenvalue weighted by Crippen LogP contribution is -2.37. The molecule has 6 N–H and O–H groups in total. The first-order valence-electron chi connectivity index (χ1n) is 5.26. The zero-order valence-corrected chi connectivity index (χ0v) is 9.74. The lowest BCUT2D eigenvalue weighted by atomic mass is 10.1. The van der Waals surface area contributed by atoms with Gasteiger partial charge in [0.2, 0.25) is 0 Å². The lowest BCUT2D eigenvalue weighted by molar-refractivity contribution is -0.140. The summed E-state index contributed by atoms with van der Waals surface area (Å²) < 4.78 is 0. The van der Waals surface area contributed by atoms with Gasteiger partial charge in [0.25, 0.3) is 0 Å². The number of hydrogen-bond acceptors (Lipinski definition) is 4. The fraction of sp³-hybridized carbons (Fsp3) is 0.800. The smallest absolute Gasteiger partial charge is 0.320 e. The van der Waals surface area contributed by atoms with Gasteiger partial charge in [-0.15, -0.1) is 0 Å². The van der Waals surface area contributed by atoms with E-state index in [4.69, 9.17) is 10.2 Å². The van der Waals surface area contributed by atoms with E-state index in [1.807, 2.05) is 0 Å². The molecule has 0 aliphatic heterocycles. The lowest BCUT2D eigenvalue weighted by Gasteiger charge is -2.12. The van der Waals surface area contributed by atoms with E-state index < -0.39 is 18.0 Å². The van der Waals surface area contributed by atoms with Crippen molar-refractivity contribution in [2.75, 3.05) is 6.54 Å². The molecule has 0 bridgehead atoms. The van der Waals surface area contributed by atoms with Crippen molar-refractivity contribution < 1.29 is 19.8 Å². The number of unbranched alkanes of at least 4 members (excludes halogenated alkanes) is 2. The van der Waals surface area contributed by atoms with E-state index in [9.17, 15) is 9.59 Å². The van der Waals surface area contributed by atoms with Gasteiger partial charge < -0.3 is 21.7 Å². The molecule has 0 saturated carbocycles. The van der Waals surface area contributed by atoms with Gasteiger partial charge in [0, 0.05) is 6.42 Å². The maximum absolute atomic E-state index is 10.7. The van der Waals surface area contributed by atoms with Gasteiger partial charge in [-0.1, -0.05) is 19.8 Å². The Balaban J connectivity index is 0. The summed E-state index contributed by atoms with van der Waals surface area (Å²) in [6.07, 6.45) is 3.08. The van der Waals surface area contributed by atoms with Crippen LogP contribution in [0.4, 0.5) is 0 Å². The third-order valence-electron chi connectivity index (χ3n) is 2.12. The number of hydrogen-bond donors (Lipinski definition) is 4. The molecule has 16 heavy (non-hydrogen) atoms. The highest BCUT2D eigenvalue weighted by atomic mass is 16.4. The van der Waals surface area contributed by atoms with Gasteiger partial charge in [-0.3, -0.25) is 9.59 Å². The highest BCUT2D eigenvalue weighted by Gasteiger charge is 2.17. The Labute approximate surface area is 95.6 Å². The predicted octanol–water partition coefficient (Wildman–Crippen LogP) is 1.25. The summed E-state index contributed by atoms with van der Waals surface area (Å²) in [6, 6.07) is -0.738. The van der Waals surface area contributed by atoms with Crippen LogP contribution >= 0.6 is 0 Å². The summed E-state index contributed by atoms with van der Waals surface area (Å²) in [6.45, 7) is 2.70. The van der Waals surface area contributed by atoms with Crippen LogP contribution in [0, 0.1) is 0 Å². The van der Waals surface area contributed by atoms with Crippen LogP contribution in [0.1, 0.15) is 39.0 Å². The van der Waals surface area contributed by atoms with E-state index >= 15 is 0 Å². The number of nitrogens with one attached hydrogen (secondary N) is 1. The molecule has 0 heterocycles. The highest BCUT2D eigenvalue weighted by molar-refractivity contribution is 5.75. The number of carboxylic acids is 2. The zero-order valence-electron chi connectivity index (χ0n) is 9.74. The van der Waals surface area contributed by atoms with E-state index in [0.717, 1.165) is 19.3 Å². The second kappa shape index (κ2) is 10.4. The molecule has 6 nitrogen and oxygen atoms in total. The molecule has 0 unspecified atom stereocenters. The summed E-state index contributed by atoms with van der Waals surface area (Å²) in [7, 11) is 0. The zero-order chi connectivity index (χ0) is 11.7. The maximum atomic E-state index is 10.7. The van der Waals surface area contributed by atoms with Crippen LogP contribution in [-0.4, -0.2) is 34.7 Å². The molecule has 0 aliphatic carbocycles. The normalized spacial score (nSPS) is 11.6. The molecule has 0 aromatic carbocycles. The Kier molecular flexibility index (Phi) is 11.2. The van der Waals surface area contributed by atoms with Crippen LogP contribution < -0.4 is 11.5 Å². The van der Waals surface area contributed by atoms with Crippen molar-refractivity contribution in [1.82, 2.24) is 11.5 Å². The third kappa shape index (κ3) is 9.42. The Bertz CT molecular complexity index is 209. The third-order valence-corrected chi connectivity index (χ3v) is 2.12. The number of aliphatic carboxylic acids is 2. The molecular weight excluding hydrogens is 212 g/mol. The van der Waals surface area contributed by atoms with E-state index in [0.29, 0.717) is 6.54 Å². The molecule has 0 fully saturated rings. The SMILES string of the molecule is CCCCCN[C@@H](CCC(=O)O)C(=O)O.N. The molecule has 1 atom stereocenters. The van der Waals surface area contributed by atoms with Crippen LogP contribution in [0.3, 0.4) is 0 Å². The molecule has 0 aromatic rings. The van der Waals surface area contributed by atoms with Crippen LogP contribution in [0.5, 0.6) is 0 Å². The Morgan fingerprint density at radius 2 is 1.88 bits per heavy atom. The van der Waals surface area contributed by atoms with E-state index in [-0.39, 0.29) is 19.0 Å². The minimum atomic E-state index is -0.979. The Morgan fingerprint density at radius 3 is 2.31 bits per heavy atom. The van der Waals surface area contributed by atoms with Crippen molar-refractivity contribution in [3.8, 4) is 0 Å². The molecule has 0 saturated heterocycles. The van der Waals surface area contributed by atoms with Crippen molar-refractivity contribution in [3.63, 3.8) is 0 Å². The van der Waals surface area contributed by atoms with Crippen LogP contribution in [0.25, 0.3) is 0 Å². The summed E-state index contributed by atoms with van der Waals surface area (Å²) in [5, 5.41) is 20.1. The summed E-state index contributed by atoms with van der Waals surface area (Å²) in [4.78, 5) is 21.0. The molecular formula is C10H22N2O4. The van der Waals surface area contributed by atoms with E-state index in [2.05, 4.69) is 12.2 Å². The number of carboxylic acid groups (broad SMARTS) is 2. The molecule has 6 heteroatoms. The highest BCUT2D eigenvalue weighted by Crippen LogP contribution is 1.99. The van der Waals surface area contributed by atoms with Gasteiger partial charge in [0.1, 0.15) is 6.04 Å². The van der Waals surface area contributed by atoms with Crippen molar-refractivity contribution in [1.29, 1.82) is 0 Å².